The summed E-state index contributed by atoms with van der Waals surface area (Å²) < 4.78 is 7.39. The van der Waals surface area contributed by atoms with Gasteiger partial charge in [-0.2, -0.15) is 5.10 Å². The first-order chi connectivity index (χ1) is 12.6. The molecular weight excluding hydrogens is 350 g/mol. The van der Waals surface area contributed by atoms with Crippen LogP contribution >= 0.6 is 11.6 Å². The first kappa shape index (κ1) is 16.9. The van der Waals surface area contributed by atoms with Crippen molar-refractivity contribution in [3.05, 3.63) is 59.1 Å². The molecule has 6 nitrogen and oxygen atoms in total. The summed E-state index contributed by atoms with van der Waals surface area (Å²) in [4.78, 5) is 6.86. The van der Waals surface area contributed by atoms with E-state index < -0.39 is 0 Å². The van der Waals surface area contributed by atoms with Crippen molar-refractivity contribution in [1.82, 2.24) is 19.5 Å². The molecule has 0 bridgehead atoms. The number of anilines is 1. The third-order valence-electron chi connectivity index (χ3n) is 4.53. The molecule has 1 aromatic carbocycles. The summed E-state index contributed by atoms with van der Waals surface area (Å²) in [6, 6.07) is 12.0. The van der Waals surface area contributed by atoms with E-state index in [1.807, 2.05) is 57.4 Å². The minimum absolute atomic E-state index is 0.0870. The van der Waals surface area contributed by atoms with Gasteiger partial charge in [-0.15, -0.1) is 0 Å². The van der Waals surface area contributed by atoms with Crippen LogP contribution < -0.4 is 5.32 Å². The van der Waals surface area contributed by atoms with Crippen LogP contribution in [0.5, 0.6) is 0 Å². The van der Waals surface area contributed by atoms with Gasteiger partial charge in [0.2, 0.25) is 0 Å². The number of aryl methyl sites for hydroxylation is 1. The van der Waals surface area contributed by atoms with Gasteiger partial charge in [-0.25, -0.2) is 9.50 Å². The zero-order chi connectivity index (χ0) is 18.3. The van der Waals surface area contributed by atoms with E-state index in [1.54, 1.807) is 10.8 Å². The minimum atomic E-state index is 0.0870. The van der Waals surface area contributed by atoms with Crippen LogP contribution in [0.1, 0.15) is 17.5 Å². The molecule has 0 spiro atoms. The number of benzene rings is 1. The second-order valence-corrected chi connectivity index (χ2v) is 6.87. The van der Waals surface area contributed by atoms with Gasteiger partial charge >= 0.3 is 0 Å². The number of nitrogens with zero attached hydrogens (tertiary/aromatic N) is 4. The van der Waals surface area contributed by atoms with Gasteiger partial charge in [-0.3, -0.25) is 4.90 Å². The fraction of sp³-hybridized carbons (Fsp3) is 0.263. The van der Waals surface area contributed by atoms with E-state index in [4.69, 9.17) is 21.0 Å². The Morgan fingerprint density at radius 2 is 2.04 bits per heavy atom. The Morgan fingerprint density at radius 1 is 1.23 bits per heavy atom. The van der Waals surface area contributed by atoms with Crippen LogP contribution in [0.4, 0.5) is 5.82 Å². The molecule has 1 atom stereocenters. The second kappa shape index (κ2) is 6.63. The van der Waals surface area contributed by atoms with Crippen LogP contribution in [-0.4, -0.2) is 40.1 Å². The first-order valence-corrected chi connectivity index (χ1v) is 8.81. The molecule has 0 unspecified atom stereocenters. The summed E-state index contributed by atoms with van der Waals surface area (Å²) in [5.74, 6) is 1.69. The lowest BCUT2D eigenvalue weighted by Crippen LogP contribution is -2.26. The van der Waals surface area contributed by atoms with Crippen molar-refractivity contribution < 1.29 is 4.42 Å². The lowest BCUT2D eigenvalue weighted by molar-refractivity contribution is 0.269. The van der Waals surface area contributed by atoms with Crippen molar-refractivity contribution in [1.29, 1.82) is 0 Å². The average molecular weight is 370 g/mol. The van der Waals surface area contributed by atoms with Gasteiger partial charge in [0, 0.05) is 11.9 Å². The predicted octanol–water partition coefficient (Wildman–Crippen LogP) is 4.15. The molecule has 3 heterocycles. The fourth-order valence-corrected chi connectivity index (χ4v) is 3.29. The number of furan rings is 1. The van der Waals surface area contributed by atoms with Crippen LogP contribution in [0.2, 0.25) is 5.02 Å². The number of hydrogen-bond donors (Lipinski definition) is 1. The third-order valence-corrected chi connectivity index (χ3v) is 4.97. The van der Waals surface area contributed by atoms with Gasteiger partial charge in [-0.1, -0.05) is 23.7 Å². The highest BCUT2D eigenvalue weighted by atomic mass is 35.5. The van der Waals surface area contributed by atoms with E-state index >= 15 is 0 Å². The lowest BCUT2D eigenvalue weighted by Gasteiger charge is -2.23. The van der Waals surface area contributed by atoms with E-state index in [-0.39, 0.29) is 6.04 Å². The topological polar surface area (TPSA) is 58.6 Å². The van der Waals surface area contributed by atoms with E-state index in [9.17, 15) is 0 Å². The molecule has 4 aromatic rings. The number of hydrogen-bond acceptors (Lipinski definition) is 5. The Bertz CT molecular complexity index is 1050. The maximum atomic E-state index is 6.41. The number of fused-ring (bicyclic) bond motifs is 3. The molecule has 0 saturated carbocycles. The number of likely N-dealkylation sites (N-methyl/N-ethyl adjacent to an activating group) is 1. The Kier molecular flexibility index (Phi) is 4.30. The number of nitrogens with one attached hydrogen (secondary N) is 1. The van der Waals surface area contributed by atoms with E-state index in [2.05, 4.69) is 15.3 Å². The quantitative estimate of drug-likeness (QED) is 0.572. The molecule has 26 heavy (non-hydrogen) atoms. The van der Waals surface area contributed by atoms with E-state index in [1.165, 1.54) is 0 Å². The van der Waals surface area contributed by atoms with Gasteiger partial charge < -0.3 is 9.73 Å². The summed E-state index contributed by atoms with van der Waals surface area (Å²) in [7, 11) is 4.06. The Labute approximate surface area is 156 Å². The molecule has 134 valence electrons. The van der Waals surface area contributed by atoms with Crippen molar-refractivity contribution in [2.45, 2.75) is 13.0 Å². The van der Waals surface area contributed by atoms with Gasteiger partial charge in [0.15, 0.2) is 5.65 Å². The van der Waals surface area contributed by atoms with E-state index in [0.29, 0.717) is 17.2 Å². The monoisotopic (exact) mass is 369 g/mol. The third kappa shape index (κ3) is 2.81. The zero-order valence-corrected chi connectivity index (χ0v) is 15.7. The Balaban J connectivity index is 1.76. The summed E-state index contributed by atoms with van der Waals surface area (Å²) in [5, 5.41) is 9.56. The van der Waals surface area contributed by atoms with Crippen molar-refractivity contribution in [2.75, 3.05) is 26.0 Å². The molecular formula is C19H20ClN5O. The summed E-state index contributed by atoms with van der Waals surface area (Å²) in [5.41, 5.74) is 2.39. The summed E-state index contributed by atoms with van der Waals surface area (Å²) >= 11 is 6.41. The number of aromatic nitrogens is 3. The Hall–Kier alpha value is -2.57. The minimum Gasteiger partial charge on any atom is -0.468 e. The zero-order valence-electron chi connectivity index (χ0n) is 14.9. The summed E-state index contributed by atoms with van der Waals surface area (Å²) in [6.45, 7) is 2.54. The van der Waals surface area contributed by atoms with Gasteiger partial charge in [-0.05, 0) is 45.3 Å². The van der Waals surface area contributed by atoms with Gasteiger partial charge in [0.05, 0.1) is 23.5 Å². The van der Waals surface area contributed by atoms with Crippen molar-refractivity contribution in [2.24, 2.45) is 0 Å². The lowest BCUT2D eigenvalue weighted by atomic mass is 10.2. The van der Waals surface area contributed by atoms with Crippen LogP contribution in [0, 0.1) is 6.92 Å². The van der Waals surface area contributed by atoms with Crippen molar-refractivity contribution >= 4 is 34.0 Å². The summed E-state index contributed by atoms with van der Waals surface area (Å²) in [6.07, 6.45) is 1.69. The number of halogens is 1. The average Bonchev–Trinajstić information content (AvgIpc) is 3.25. The van der Waals surface area contributed by atoms with Crippen LogP contribution in [0.25, 0.3) is 16.6 Å². The highest BCUT2D eigenvalue weighted by molar-refractivity contribution is 6.34. The second-order valence-electron chi connectivity index (χ2n) is 6.49. The molecule has 0 aliphatic heterocycles. The maximum absolute atomic E-state index is 6.41. The molecule has 0 saturated heterocycles. The maximum Gasteiger partial charge on any atom is 0.176 e. The molecule has 0 radical (unpaired) electrons. The first-order valence-electron chi connectivity index (χ1n) is 8.43. The van der Waals surface area contributed by atoms with Crippen LogP contribution in [0.3, 0.4) is 0 Å². The SMILES string of the molecule is Cc1nn2c(nc(NC[C@@H](c3ccco3)N(C)C)c3ccccc32)c1Cl. The van der Waals surface area contributed by atoms with Crippen molar-refractivity contribution in [3.63, 3.8) is 0 Å². The molecule has 1 N–H and O–H groups in total. The number of para-hydroxylation sites is 1. The molecule has 0 aliphatic rings. The van der Waals surface area contributed by atoms with Gasteiger partial charge in [0.25, 0.3) is 0 Å². The predicted molar refractivity (Wildman–Crippen MR) is 104 cm³/mol. The standard InChI is InChI=1S/C19H20ClN5O/c1-12-17(20)19-22-18(13-7-4-5-8-14(13)25(19)23-12)21-11-15(24(2)3)16-9-6-10-26-16/h4-10,15H,11H2,1-3H3,(H,21,22)/t15-/m0/s1. The molecule has 3 aromatic heterocycles. The highest BCUT2D eigenvalue weighted by Crippen LogP contribution is 2.29. The molecule has 0 fully saturated rings. The van der Waals surface area contributed by atoms with Crippen molar-refractivity contribution in [3.8, 4) is 0 Å². The van der Waals surface area contributed by atoms with Gasteiger partial charge in [0.1, 0.15) is 16.6 Å². The van der Waals surface area contributed by atoms with Crippen LogP contribution in [0.15, 0.2) is 47.1 Å². The molecule has 0 aliphatic carbocycles. The molecule has 4 rings (SSSR count). The largest absolute Gasteiger partial charge is 0.468 e. The highest BCUT2D eigenvalue weighted by Gasteiger charge is 2.19. The fourth-order valence-electron chi connectivity index (χ4n) is 3.13. The Morgan fingerprint density at radius 3 is 2.77 bits per heavy atom. The normalized spacial score (nSPS) is 13.0. The smallest absolute Gasteiger partial charge is 0.176 e. The number of rotatable bonds is 5. The molecule has 7 heteroatoms. The van der Waals surface area contributed by atoms with Crippen LogP contribution in [-0.2, 0) is 0 Å². The van der Waals surface area contributed by atoms with E-state index in [0.717, 1.165) is 28.2 Å². The molecule has 0 amide bonds.